The maximum atomic E-state index is 10.4. The molecule has 0 aromatic heterocycles. The molecule has 2 atom stereocenters. The Labute approximate surface area is 253 Å². The molecular formula is C34H56N2O6. The first kappa shape index (κ1) is 34.5. The van der Waals surface area contributed by atoms with Crippen LogP contribution in [0.15, 0.2) is 24.3 Å². The molecule has 0 bridgehead atoms. The van der Waals surface area contributed by atoms with Gasteiger partial charge in [0.2, 0.25) is 0 Å². The van der Waals surface area contributed by atoms with E-state index in [0.29, 0.717) is 34.4 Å². The standard InChI is InChI=1S/2C13H25NO.C8H6O4/c2*1-10-6-12(2,3)14(8-11-9-15-11)13(4,5)7-10;9-7(10)5-2-1-3-6(4-5)8(11)12/h2*10-11H,6-9H2,1-5H3;1-4H,(H,9,10)(H,11,12). The van der Waals surface area contributed by atoms with E-state index in [1.165, 1.54) is 43.9 Å². The van der Waals surface area contributed by atoms with E-state index in [4.69, 9.17) is 19.7 Å². The van der Waals surface area contributed by atoms with Crippen LogP contribution in [0.2, 0.25) is 0 Å². The van der Waals surface area contributed by atoms with Crippen molar-refractivity contribution in [2.24, 2.45) is 11.8 Å². The number of carboxylic acids is 2. The number of rotatable bonds is 6. The highest BCUT2D eigenvalue weighted by Crippen LogP contribution is 2.43. The molecule has 2 N–H and O–H groups in total. The summed E-state index contributed by atoms with van der Waals surface area (Å²) in [6, 6.07) is 5.20. The monoisotopic (exact) mass is 588 g/mol. The Hall–Kier alpha value is -2.00. The zero-order chi connectivity index (χ0) is 31.7. The third kappa shape index (κ3) is 9.50. The van der Waals surface area contributed by atoms with Gasteiger partial charge in [0, 0.05) is 35.2 Å². The molecule has 1 aromatic carbocycles. The molecule has 8 nitrogen and oxygen atoms in total. The van der Waals surface area contributed by atoms with Crippen molar-refractivity contribution in [3.8, 4) is 0 Å². The second kappa shape index (κ2) is 12.9. The number of hydrogen-bond donors (Lipinski definition) is 2. The van der Waals surface area contributed by atoms with Gasteiger partial charge in [-0.3, -0.25) is 9.80 Å². The molecule has 4 aliphatic heterocycles. The smallest absolute Gasteiger partial charge is 0.335 e. The van der Waals surface area contributed by atoms with E-state index in [9.17, 15) is 9.59 Å². The molecule has 42 heavy (non-hydrogen) atoms. The molecular weight excluding hydrogens is 532 g/mol. The average Bonchev–Trinajstić information content (AvgIpc) is 3.74. The van der Waals surface area contributed by atoms with Gasteiger partial charge in [0.25, 0.3) is 0 Å². The van der Waals surface area contributed by atoms with Crippen molar-refractivity contribution in [1.29, 1.82) is 0 Å². The highest BCUT2D eigenvalue weighted by molar-refractivity contribution is 5.93. The summed E-state index contributed by atoms with van der Waals surface area (Å²) in [4.78, 5) is 26.1. The lowest BCUT2D eigenvalue weighted by atomic mass is 9.74. The quantitative estimate of drug-likeness (QED) is 0.366. The van der Waals surface area contributed by atoms with E-state index in [0.717, 1.165) is 44.2 Å². The molecule has 0 spiro atoms. The van der Waals surface area contributed by atoms with Gasteiger partial charge < -0.3 is 19.7 Å². The minimum absolute atomic E-state index is 0.0186. The summed E-state index contributed by atoms with van der Waals surface area (Å²) in [7, 11) is 0. The number of ether oxygens (including phenoxy) is 2. The number of likely N-dealkylation sites (tertiary alicyclic amines) is 2. The minimum atomic E-state index is -1.13. The number of epoxide rings is 2. The fraction of sp³-hybridized carbons (Fsp3) is 0.765. The Morgan fingerprint density at radius 1 is 0.690 bits per heavy atom. The van der Waals surface area contributed by atoms with Crippen molar-refractivity contribution in [3.05, 3.63) is 35.4 Å². The molecule has 238 valence electrons. The molecule has 8 heteroatoms. The van der Waals surface area contributed by atoms with Crippen LogP contribution < -0.4 is 0 Å². The molecule has 0 amide bonds. The van der Waals surface area contributed by atoms with Gasteiger partial charge in [0.15, 0.2) is 0 Å². The Bertz CT molecular complexity index is 972. The summed E-state index contributed by atoms with van der Waals surface area (Å²) in [5.41, 5.74) is 1.27. The highest BCUT2D eigenvalue weighted by Gasteiger charge is 2.47. The molecule has 1 aromatic rings. The van der Waals surface area contributed by atoms with Gasteiger partial charge in [-0.15, -0.1) is 0 Å². The number of aromatic carboxylic acids is 2. The van der Waals surface area contributed by atoms with Crippen LogP contribution in [-0.2, 0) is 9.47 Å². The molecule has 4 fully saturated rings. The number of benzene rings is 1. The summed E-state index contributed by atoms with van der Waals surface area (Å²) in [5, 5.41) is 17.0. The van der Waals surface area contributed by atoms with E-state index < -0.39 is 11.9 Å². The first-order valence-corrected chi connectivity index (χ1v) is 15.6. The van der Waals surface area contributed by atoms with Crippen molar-refractivity contribution in [3.63, 3.8) is 0 Å². The SMILES string of the molecule is CC1CC(C)(C)N(CC2CO2)C(C)(C)C1.CC1CC(C)(C)N(CC2CO2)C(C)(C)C1.O=C(O)c1cccc(C(=O)O)c1. The van der Waals surface area contributed by atoms with Crippen molar-refractivity contribution < 1.29 is 29.3 Å². The van der Waals surface area contributed by atoms with Crippen molar-refractivity contribution >= 4 is 11.9 Å². The number of hydrogen-bond acceptors (Lipinski definition) is 6. The van der Waals surface area contributed by atoms with Gasteiger partial charge in [-0.2, -0.15) is 0 Å². The summed E-state index contributed by atoms with van der Waals surface area (Å²) in [6.45, 7) is 28.0. The predicted octanol–water partition coefficient (Wildman–Crippen LogP) is 6.43. The number of piperidine rings is 2. The van der Waals surface area contributed by atoms with Gasteiger partial charge in [-0.05, 0) is 111 Å². The number of carbonyl (C=O) groups is 2. The van der Waals surface area contributed by atoms with E-state index in [1.807, 2.05) is 0 Å². The lowest BCUT2D eigenvalue weighted by Gasteiger charge is -2.55. The number of nitrogens with zero attached hydrogens (tertiary/aromatic N) is 2. The maximum absolute atomic E-state index is 10.4. The molecule has 2 unspecified atom stereocenters. The van der Waals surface area contributed by atoms with Crippen molar-refractivity contribution in [2.45, 2.75) is 129 Å². The molecule has 5 rings (SSSR count). The first-order chi connectivity index (χ1) is 19.2. The Balaban J connectivity index is 0.000000174. The normalized spacial score (nSPS) is 28.0. The van der Waals surface area contributed by atoms with Crippen LogP contribution in [0.4, 0.5) is 0 Å². The Kier molecular flexibility index (Phi) is 10.6. The third-order valence-electron chi connectivity index (χ3n) is 9.25. The molecule has 4 heterocycles. The zero-order valence-electron chi connectivity index (χ0n) is 27.7. The minimum Gasteiger partial charge on any atom is -0.478 e. The predicted molar refractivity (Wildman–Crippen MR) is 166 cm³/mol. The van der Waals surface area contributed by atoms with Crippen LogP contribution in [0.1, 0.15) is 116 Å². The van der Waals surface area contributed by atoms with Gasteiger partial charge in [0.05, 0.1) is 36.5 Å². The summed E-state index contributed by atoms with van der Waals surface area (Å²) < 4.78 is 10.8. The van der Waals surface area contributed by atoms with Crippen LogP contribution in [0, 0.1) is 11.8 Å². The molecule has 4 saturated heterocycles. The summed E-state index contributed by atoms with van der Waals surface area (Å²) >= 11 is 0. The van der Waals surface area contributed by atoms with Crippen molar-refractivity contribution in [2.75, 3.05) is 26.3 Å². The summed E-state index contributed by atoms with van der Waals surface area (Å²) in [5.74, 6) is -0.575. The Morgan fingerprint density at radius 3 is 1.21 bits per heavy atom. The van der Waals surface area contributed by atoms with Gasteiger partial charge in [0.1, 0.15) is 0 Å². The van der Waals surface area contributed by atoms with E-state index >= 15 is 0 Å². The topological polar surface area (TPSA) is 106 Å². The van der Waals surface area contributed by atoms with Crippen molar-refractivity contribution in [1.82, 2.24) is 9.80 Å². The van der Waals surface area contributed by atoms with E-state index in [-0.39, 0.29) is 11.1 Å². The fourth-order valence-electron chi connectivity index (χ4n) is 8.16. The van der Waals surface area contributed by atoms with Gasteiger partial charge in [-0.1, -0.05) is 19.9 Å². The fourth-order valence-corrected chi connectivity index (χ4v) is 8.16. The lowest BCUT2D eigenvalue weighted by Crippen LogP contribution is -2.61. The highest BCUT2D eigenvalue weighted by atomic mass is 16.6. The molecule has 0 saturated carbocycles. The molecule has 4 aliphatic rings. The second-order valence-corrected chi connectivity index (χ2v) is 15.6. The maximum Gasteiger partial charge on any atom is 0.335 e. The third-order valence-corrected chi connectivity index (χ3v) is 9.25. The zero-order valence-corrected chi connectivity index (χ0v) is 27.7. The second-order valence-electron chi connectivity index (χ2n) is 15.6. The first-order valence-electron chi connectivity index (χ1n) is 15.6. The van der Waals surface area contributed by atoms with Crippen LogP contribution in [0.25, 0.3) is 0 Å². The molecule has 0 aliphatic carbocycles. The van der Waals surface area contributed by atoms with Gasteiger partial charge >= 0.3 is 11.9 Å². The van der Waals surface area contributed by atoms with Crippen LogP contribution in [-0.4, -0.2) is 92.6 Å². The van der Waals surface area contributed by atoms with Crippen LogP contribution in [0.5, 0.6) is 0 Å². The number of carboxylic acid groups (broad SMARTS) is 2. The lowest BCUT2D eigenvalue weighted by molar-refractivity contribution is -0.0513. The Morgan fingerprint density at radius 2 is 0.976 bits per heavy atom. The van der Waals surface area contributed by atoms with Crippen LogP contribution >= 0.6 is 0 Å². The largest absolute Gasteiger partial charge is 0.478 e. The molecule has 0 radical (unpaired) electrons. The average molecular weight is 589 g/mol. The van der Waals surface area contributed by atoms with E-state index in [2.05, 4.69) is 79.0 Å². The summed E-state index contributed by atoms with van der Waals surface area (Å²) in [6.07, 6.45) is 6.26. The van der Waals surface area contributed by atoms with Crippen LogP contribution in [0.3, 0.4) is 0 Å². The van der Waals surface area contributed by atoms with E-state index in [1.54, 1.807) is 0 Å². The van der Waals surface area contributed by atoms with Gasteiger partial charge in [-0.25, -0.2) is 9.59 Å².